The Balaban J connectivity index is -0.0000000200. The van der Waals surface area contributed by atoms with Crippen LogP contribution >= 0.6 is 0 Å². The summed E-state index contributed by atoms with van der Waals surface area (Å²) in [7, 11) is 0. The van der Waals surface area contributed by atoms with Gasteiger partial charge in [0.05, 0.1) is 0 Å². The van der Waals surface area contributed by atoms with Gasteiger partial charge in [0.1, 0.15) is 0 Å². The van der Waals surface area contributed by atoms with Crippen molar-refractivity contribution >= 4 is 21.9 Å². The molecular formula is C2H11PtSi2. The maximum Gasteiger partial charge on any atom is -0.0149 e. The molecule has 0 aliphatic carbocycles. The Morgan fingerprint density at radius 3 is 1.40 bits per heavy atom. The zero-order chi connectivity index (χ0) is 2.71. The van der Waals surface area contributed by atoms with Crippen molar-refractivity contribution in [3.05, 3.63) is 11.0 Å². The van der Waals surface area contributed by atoms with E-state index in [2.05, 4.69) is 6.58 Å². The third kappa shape index (κ3) is 53.6. The maximum absolute atomic E-state index is 3.35. The summed E-state index contributed by atoms with van der Waals surface area (Å²) >= 11 is 2.04. The van der Waals surface area contributed by atoms with Crippen molar-refractivity contribution < 1.29 is 19.8 Å². The number of hydrogen-bond acceptors (Lipinski definition) is 0. The molecule has 37 valence electrons. The molecule has 5 heavy (non-hydrogen) atoms. The molecule has 0 amide bonds. The van der Waals surface area contributed by atoms with E-state index in [4.69, 9.17) is 0 Å². The molecule has 0 nitrogen and oxygen atoms in total. The van der Waals surface area contributed by atoms with Crippen molar-refractivity contribution in [2.75, 3.05) is 0 Å². The van der Waals surface area contributed by atoms with Gasteiger partial charge in [-0.2, -0.15) is 0 Å². The molecule has 0 N–H and O–H groups in total. The average Bonchev–Trinajstić information content (AvgIpc) is 0.918. The SMILES string of the molecule is C=[CH][Pt].[SiH4].[SiH4]. The zero-order valence-corrected chi connectivity index (χ0v) is 3.87. The molecule has 0 heterocycles. The molecule has 0 saturated heterocycles. The van der Waals surface area contributed by atoms with Gasteiger partial charge < -0.3 is 0 Å². The molecule has 0 aliphatic heterocycles. The van der Waals surface area contributed by atoms with Crippen LogP contribution in [0.15, 0.2) is 11.0 Å². The third-order valence-electron chi connectivity index (χ3n) is 0. The standard InChI is InChI=1S/C2H3.Pt.2H4Si/c1-2;;;/h1H,2H2;;2*1H4. The molecule has 0 aromatic heterocycles. The molecular weight excluding hydrogens is 275 g/mol. The quantitative estimate of drug-likeness (QED) is 0.442. The fourth-order valence-electron chi connectivity index (χ4n) is 0. The predicted molar refractivity (Wildman–Crippen MR) is 32.9 cm³/mol. The van der Waals surface area contributed by atoms with Crippen molar-refractivity contribution in [2.24, 2.45) is 0 Å². The van der Waals surface area contributed by atoms with Crippen LogP contribution in [0.1, 0.15) is 0 Å². The predicted octanol–water partition coefficient (Wildman–Crippen LogP) is -2.23. The van der Waals surface area contributed by atoms with Crippen LogP contribution < -0.4 is 0 Å². The fourth-order valence-corrected chi connectivity index (χ4v) is 0. The van der Waals surface area contributed by atoms with Crippen LogP contribution in [-0.2, 0) is 19.8 Å². The van der Waals surface area contributed by atoms with Crippen molar-refractivity contribution in [3.8, 4) is 0 Å². The molecule has 0 unspecified atom stereocenters. The van der Waals surface area contributed by atoms with Crippen LogP contribution in [0.2, 0.25) is 0 Å². The first-order valence-corrected chi connectivity index (χ1v) is 1.90. The summed E-state index contributed by atoms with van der Waals surface area (Å²) in [5.41, 5.74) is 0. The first-order valence-electron chi connectivity index (χ1n) is 0.591. The molecule has 0 aromatic carbocycles. The summed E-state index contributed by atoms with van der Waals surface area (Å²) in [5.74, 6) is 0. The monoisotopic (exact) mass is 286 g/mol. The minimum Gasteiger partial charge on any atom is -0.0149 e. The second-order valence-electron chi connectivity index (χ2n) is 0.129. The Kier molecular flexibility index (Phi) is 70.8. The van der Waals surface area contributed by atoms with E-state index in [0.29, 0.717) is 0 Å². The van der Waals surface area contributed by atoms with Gasteiger partial charge in [-0.15, -0.1) is 0 Å². The van der Waals surface area contributed by atoms with E-state index in [0.717, 1.165) is 0 Å². The Morgan fingerprint density at radius 2 is 1.40 bits per heavy atom. The molecule has 0 spiro atoms. The van der Waals surface area contributed by atoms with Gasteiger partial charge in [0.2, 0.25) is 0 Å². The van der Waals surface area contributed by atoms with E-state index in [1.54, 1.807) is 4.47 Å². The van der Waals surface area contributed by atoms with Crippen molar-refractivity contribution in [1.29, 1.82) is 0 Å². The molecule has 0 atom stereocenters. The maximum atomic E-state index is 3.35. The summed E-state index contributed by atoms with van der Waals surface area (Å²) in [4.78, 5) is 0. The summed E-state index contributed by atoms with van der Waals surface area (Å²) in [5, 5.41) is 0. The van der Waals surface area contributed by atoms with Crippen LogP contribution in [0.25, 0.3) is 0 Å². The summed E-state index contributed by atoms with van der Waals surface area (Å²) in [6.07, 6.45) is 0. The van der Waals surface area contributed by atoms with Crippen LogP contribution in [0.4, 0.5) is 0 Å². The Morgan fingerprint density at radius 1 is 1.40 bits per heavy atom. The third-order valence-corrected chi connectivity index (χ3v) is 0. The van der Waals surface area contributed by atoms with E-state index in [1.165, 1.54) is 0 Å². The van der Waals surface area contributed by atoms with Gasteiger partial charge in [0, 0.05) is 0 Å². The van der Waals surface area contributed by atoms with Gasteiger partial charge in [0.15, 0.2) is 0 Å². The van der Waals surface area contributed by atoms with E-state index in [-0.39, 0.29) is 21.9 Å². The summed E-state index contributed by atoms with van der Waals surface area (Å²) in [6, 6.07) is 0. The van der Waals surface area contributed by atoms with E-state index >= 15 is 0 Å². The second-order valence-corrected chi connectivity index (χ2v) is 1.06. The first kappa shape index (κ1) is 16.9. The van der Waals surface area contributed by atoms with Crippen molar-refractivity contribution in [2.45, 2.75) is 0 Å². The molecule has 0 radical (unpaired) electrons. The molecule has 0 bridgehead atoms. The van der Waals surface area contributed by atoms with Crippen molar-refractivity contribution in [3.63, 3.8) is 0 Å². The van der Waals surface area contributed by atoms with Gasteiger partial charge >= 0.3 is 30.9 Å². The Bertz CT molecular complexity index is 15.1. The Labute approximate surface area is 53.0 Å². The van der Waals surface area contributed by atoms with Crippen LogP contribution in [0.5, 0.6) is 0 Å². The molecule has 0 aromatic rings. The molecule has 3 heteroatoms. The normalized spacial score (nSPS) is 2.80. The van der Waals surface area contributed by atoms with Crippen LogP contribution in [-0.4, -0.2) is 21.9 Å². The van der Waals surface area contributed by atoms with E-state index in [1.807, 2.05) is 19.8 Å². The van der Waals surface area contributed by atoms with E-state index in [9.17, 15) is 0 Å². The molecule has 0 fully saturated rings. The topological polar surface area (TPSA) is 0 Å². The largest absolute Gasteiger partial charge is 0.0149 e. The first-order chi connectivity index (χ1) is 1.41. The van der Waals surface area contributed by atoms with Gasteiger partial charge in [-0.25, -0.2) is 0 Å². The van der Waals surface area contributed by atoms with Gasteiger partial charge in [-0.3, -0.25) is 0 Å². The molecule has 0 saturated carbocycles. The second kappa shape index (κ2) is 20.9. The number of rotatable bonds is 0. The Hall–Kier alpha value is 0.862. The van der Waals surface area contributed by atoms with E-state index < -0.39 is 0 Å². The van der Waals surface area contributed by atoms with Crippen molar-refractivity contribution in [1.82, 2.24) is 0 Å². The summed E-state index contributed by atoms with van der Waals surface area (Å²) < 4.78 is 1.72. The van der Waals surface area contributed by atoms with Gasteiger partial charge in [0.25, 0.3) is 0 Å². The zero-order valence-electron chi connectivity index (χ0n) is 1.60. The molecule has 0 rings (SSSR count). The smallest absolute Gasteiger partial charge is 0.0149 e. The minimum absolute atomic E-state index is 0. The minimum atomic E-state index is 0. The fraction of sp³-hybridized carbons (Fsp3) is 0. The average molecular weight is 286 g/mol. The molecule has 0 aliphatic rings. The van der Waals surface area contributed by atoms with Crippen LogP contribution in [0.3, 0.4) is 0 Å². The van der Waals surface area contributed by atoms with Gasteiger partial charge in [-0.05, 0) is 21.9 Å². The van der Waals surface area contributed by atoms with Crippen LogP contribution in [0, 0.1) is 0 Å². The summed E-state index contributed by atoms with van der Waals surface area (Å²) in [6.45, 7) is 3.35. The number of hydrogen-bond donors (Lipinski definition) is 0. The van der Waals surface area contributed by atoms with Gasteiger partial charge in [-0.1, -0.05) is 0 Å².